The molecule has 2 aromatic heterocycles. The number of carbonyl (C=O) groups is 1. The van der Waals surface area contributed by atoms with Crippen molar-refractivity contribution in [1.82, 2.24) is 15.0 Å². The number of hydrogen-bond donors (Lipinski definition) is 3. The Balaban J connectivity index is 1.56. The van der Waals surface area contributed by atoms with Crippen LogP contribution in [0.3, 0.4) is 0 Å². The van der Waals surface area contributed by atoms with E-state index in [4.69, 9.17) is 0 Å². The Hall–Kier alpha value is -3.93. The van der Waals surface area contributed by atoms with E-state index in [0.29, 0.717) is 12.2 Å². The van der Waals surface area contributed by atoms with E-state index in [9.17, 15) is 4.79 Å². The maximum Gasteiger partial charge on any atom is 0.211 e. The van der Waals surface area contributed by atoms with Gasteiger partial charge in [0.25, 0.3) is 0 Å². The van der Waals surface area contributed by atoms with E-state index in [1.54, 1.807) is 6.20 Å². The number of nitrogens with zero attached hydrogens (tertiary/aromatic N) is 2. The number of fused-ring (bicyclic) bond motifs is 1. The zero-order chi connectivity index (χ0) is 19.5. The SMILES string of the molecule is C=C(Nc1cc2nc(-c3ccc(NC=O)cc3)[nH]c2cn1)c1ccc(C)cc1. The lowest BCUT2D eigenvalue weighted by molar-refractivity contribution is -0.105. The minimum absolute atomic E-state index is 0.654. The molecule has 0 aliphatic carbocycles. The molecule has 2 aromatic carbocycles. The number of aryl methyl sites for hydroxylation is 1. The molecule has 6 nitrogen and oxygen atoms in total. The molecule has 1 amide bonds. The van der Waals surface area contributed by atoms with Crippen LogP contribution in [0.25, 0.3) is 28.1 Å². The van der Waals surface area contributed by atoms with E-state index < -0.39 is 0 Å². The smallest absolute Gasteiger partial charge is 0.211 e. The summed E-state index contributed by atoms with van der Waals surface area (Å²) in [6.45, 7) is 6.15. The van der Waals surface area contributed by atoms with Crippen molar-refractivity contribution in [3.05, 3.63) is 78.5 Å². The predicted molar refractivity (Wildman–Crippen MR) is 113 cm³/mol. The maximum atomic E-state index is 10.5. The lowest BCUT2D eigenvalue weighted by Gasteiger charge is -2.09. The Morgan fingerprint density at radius 3 is 2.57 bits per heavy atom. The van der Waals surface area contributed by atoms with Gasteiger partial charge in [0.2, 0.25) is 6.41 Å². The predicted octanol–water partition coefficient (Wildman–Crippen LogP) is 4.58. The number of rotatable bonds is 6. The van der Waals surface area contributed by atoms with Gasteiger partial charge in [0.15, 0.2) is 0 Å². The molecule has 4 rings (SSSR count). The van der Waals surface area contributed by atoms with Crippen LogP contribution in [0.2, 0.25) is 0 Å². The number of aromatic amines is 1. The van der Waals surface area contributed by atoms with Crippen molar-refractivity contribution >= 4 is 34.6 Å². The van der Waals surface area contributed by atoms with Crippen LogP contribution in [-0.2, 0) is 4.79 Å². The van der Waals surface area contributed by atoms with Crippen LogP contribution in [0.15, 0.2) is 67.4 Å². The summed E-state index contributed by atoms with van der Waals surface area (Å²) >= 11 is 0. The number of nitrogens with one attached hydrogen (secondary N) is 3. The molecule has 0 atom stereocenters. The second-order valence-corrected chi connectivity index (χ2v) is 6.48. The van der Waals surface area contributed by atoms with Gasteiger partial charge in [-0.15, -0.1) is 0 Å². The first-order valence-electron chi connectivity index (χ1n) is 8.82. The molecule has 0 aliphatic rings. The van der Waals surface area contributed by atoms with Crippen molar-refractivity contribution in [3.8, 4) is 11.4 Å². The number of imidazole rings is 1. The standard InChI is InChI=1S/C22H19N5O/c1-14-3-5-16(6-4-14)15(2)25-21-11-19-20(12-23-21)27-22(26-19)17-7-9-18(10-8-17)24-13-28/h3-13H,2H2,1H3,(H,23,25)(H,24,28)(H,26,27). The molecule has 0 saturated carbocycles. The summed E-state index contributed by atoms with van der Waals surface area (Å²) in [5.41, 5.74) is 6.30. The van der Waals surface area contributed by atoms with E-state index >= 15 is 0 Å². The van der Waals surface area contributed by atoms with Crippen LogP contribution in [0, 0.1) is 6.92 Å². The van der Waals surface area contributed by atoms with Crippen molar-refractivity contribution in [2.24, 2.45) is 0 Å². The number of anilines is 2. The molecule has 6 heteroatoms. The third-order valence-electron chi connectivity index (χ3n) is 4.43. The molecule has 0 fully saturated rings. The number of hydrogen-bond acceptors (Lipinski definition) is 4. The van der Waals surface area contributed by atoms with Gasteiger partial charge in [0.1, 0.15) is 11.6 Å². The van der Waals surface area contributed by atoms with Gasteiger partial charge in [-0.1, -0.05) is 36.4 Å². The lowest BCUT2D eigenvalue weighted by Crippen LogP contribution is -1.99. The van der Waals surface area contributed by atoms with Crippen LogP contribution in [0.1, 0.15) is 11.1 Å². The first-order chi connectivity index (χ1) is 13.6. The van der Waals surface area contributed by atoms with Crippen molar-refractivity contribution in [1.29, 1.82) is 0 Å². The van der Waals surface area contributed by atoms with Gasteiger partial charge >= 0.3 is 0 Å². The first kappa shape index (κ1) is 17.5. The molecule has 138 valence electrons. The molecule has 3 N–H and O–H groups in total. The highest BCUT2D eigenvalue weighted by Gasteiger charge is 2.08. The molecule has 0 aliphatic heterocycles. The van der Waals surface area contributed by atoms with E-state index in [1.807, 2.05) is 42.5 Å². The summed E-state index contributed by atoms with van der Waals surface area (Å²) in [6, 6.07) is 17.5. The fourth-order valence-electron chi connectivity index (χ4n) is 2.89. The van der Waals surface area contributed by atoms with Crippen molar-refractivity contribution < 1.29 is 4.79 Å². The summed E-state index contributed by atoms with van der Waals surface area (Å²) in [5, 5.41) is 5.86. The minimum atomic E-state index is 0.654. The Morgan fingerprint density at radius 1 is 1.11 bits per heavy atom. The quantitative estimate of drug-likeness (QED) is 0.434. The molecule has 0 spiro atoms. The average molecular weight is 369 g/mol. The summed E-state index contributed by atoms with van der Waals surface area (Å²) < 4.78 is 0. The number of amides is 1. The number of pyridine rings is 1. The molecule has 0 bridgehead atoms. The molecule has 2 heterocycles. The van der Waals surface area contributed by atoms with Crippen molar-refractivity contribution in [3.63, 3.8) is 0 Å². The van der Waals surface area contributed by atoms with Gasteiger partial charge in [0, 0.05) is 23.0 Å². The Labute approximate surface area is 162 Å². The third-order valence-corrected chi connectivity index (χ3v) is 4.43. The lowest BCUT2D eigenvalue weighted by atomic mass is 10.1. The Bertz CT molecular complexity index is 1140. The van der Waals surface area contributed by atoms with E-state index in [1.165, 1.54) is 5.56 Å². The van der Waals surface area contributed by atoms with E-state index in [0.717, 1.165) is 39.4 Å². The number of H-pyrrole nitrogens is 1. The van der Waals surface area contributed by atoms with Gasteiger partial charge < -0.3 is 15.6 Å². The fraction of sp³-hybridized carbons (Fsp3) is 0.0455. The molecule has 0 unspecified atom stereocenters. The number of aromatic nitrogens is 3. The minimum Gasteiger partial charge on any atom is -0.340 e. The van der Waals surface area contributed by atoms with Gasteiger partial charge in [0.05, 0.1) is 17.2 Å². The Kier molecular flexibility index (Phi) is 4.60. The number of benzene rings is 2. The Morgan fingerprint density at radius 2 is 1.86 bits per heavy atom. The first-order valence-corrected chi connectivity index (χ1v) is 8.82. The summed E-state index contributed by atoms with van der Waals surface area (Å²) in [6.07, 6.45) is 2.40. The summed E-state index contributed by atoms with van der Waals surface area (Å²) in [5.74, 6) is 1.42. The van der Waals surface area contributed by atoms with Gasteiger partial charge in [-0.25, -0.2) is 9.97 Å². The van der Waals surface area contributed by atoms with E-state index in [-0.39, 0.29) is 0 Å². The third kappa shape index (κ3) is 3.61. The highest BCUT2D eigenvalue weighted by atomic mass is 16.1. The van der Waals surface area contributed by atoms with Crippen LogP contribution < -0.4 is 10.6 Å². The maximum absolute atomic E-state index is 10.5. The largest absolute Gasteiger partial charge is 0.340 e. The van der Waals surface area contributed by atoms with Crippen molar-refractivity contribution in [2.45, 2.75) is 6.92 Å². The molecule has 0 saturated heterocycles. The highest BCUT2D eigenvalue weighted by Crippen LogP contribution is 2.24. The molecule has 0 radical (unpaired) electrons. The van der Waals surface area contributed by atoms with Crippen LogP contribution in [-0.4, -0.2) is 21.4 Å². The topological polar surface area (TPSA) is 82.7 Å². The molecule has 28 heavy (non-hydrogen) atoms. The van der Waals surface area contributed by atoms with Crippen LogP contribution >= 0.6 is 0 Å². The monoisotopic (exact) mass is 369 g/mol. The number of carbonyl (C=O) groups excluding carboxylic acids is 1. The van der Waals surface area contributed by atoms with Crippen molar-refractivity contribution in [2.75, 3.05) is 10.6 Å². The molecular weight excluding hydrogens is 350 g/mol. The zero-order valence-corrected chi connectivity index (χ0v) is 15.4. The molecule has 4 aromatic rings. The van der Waals surface area contributed by atoms with Crippen LogP contribution in [0.4, 0.5) is 11.5 Å². The van der Waals surface area contributed by atoms with Crippen LogP contribution in [0.5, 0.6) is 0 Å². The molecular formula is C22H19N5O. The van der Waals surface area contributed by atoms with E-state index in [2.05, 4.69) is 51.2 Å². The average Bonchev–Trinajstić information content (AvgIpc) is 3.12. The second kappa shape index (κ2) is 7.36. The normalized spacial score (nSPS) is 10.6. The van der Waals surface area contributed by atoms with Gasteiger partial charge in [-0.05, 0) is 36.8 Å². The summed E-state index contributed by atoms with van der Waals surface area (Å²) in [4.78, 5) is 22.9. The fourth-order valence-corrected chi connectivity index (χ4v) is 2.89. The second-order valence-electron chi connectivity index (χ2n) is 6.48. The summed E-state index contributed by atoms with van der Waals surface area (Å²) in [7, 11) is 0. The van der Waals surface area contributed by atoms with Gasteiger partial charge in [-0.2, -0.15) is 0 Å². The van der Waals surface area contributed by atoms with Gasteiger partial charge in [-0.3, -0.25) is 4.79 Å². The zero-order valence-electron chi connectivity index (χ0n) is 15.4. The highest BCUT2D eigenvalue weighted by molar-refractivity contribution is 5.83.